The number of fused-ring (bicyclic) bond motifs is 1. The van der Waals surface area contributed by atoms with E-state index >= 15 is 0 Å². The van der Waals surface area contributed by atoms with Crippen molar-refractivity contribution in [3.63, 3.8) is 0 Å². The van der Waals surface area contributed by atoms with Gasteiger partial charge in [-0.05, 0) is 62.3 Å². The van der Waals surface area contributed by atoms with Crippen LogP contribution < -0.4 is 5.32 Å². The number of anilines is 1. The number of hydrogen-bond donors (Lipinski definition) is 1. The molecular formula is C39H44N5O8+. The molecule has 0 aliphatic carbocycles. The summed E-state index contributed by atoms with van der Waals surface area (Å²) in [6.45, 7) is 2.08. The van der Waals surface area contributed by atoms with Crippen LogP contribution in [0.5, 0.6) is 0 Å². The number of quaternary nitrogens is 1. The van der Waals surface area contributed by atoms with Crippen molar-refractivity contribution in [2.75, 3.05) is 31.6 Å². The second kappa shape index (κ2) is 16.6. The Morgan fingerprint density at radius 1 is 0.827 bits per heavy atom. The zero-order chi connectivity index (χ0) is 36.5. The number of nitrogens with zero attached hydrogens (tertiary/aromatic N) is 4. The van der Waals surface area contributed by atoms with E-state index in [4.69, 9.17) is 14.2 Å². The summed E-state index contributed by atoms with van der Waals surface area (Å²) in [7, 11) is 0. The first-order valence-corrected chi connectivity index (χ1v) is 17.8. The molecule has 2 fully saturated rings. The number of ether oxygens (including phenoxy) is 3. The van der Waals surface area contributed by atoms with Gasteiger partial charge in [-0.15, -0.1) is 0 Å². The molecule has 1 N–H and O–H groups in total. The topological polar surface area (TPSA) is 146 Å². The first-order chi connectivity index (χ1) is 25.3. The number of pyridine rings is 1. The fraction of sp³-hybridized carbons (Fsp3) is 0.385. The van der Waals surface area contributed by atoms with Crippen molar-refractivity contribution in [2.45, 2.75) is 70.7 Å². The minimum absolute atomic E-state index is 0.0195. The van der Waals surface area contributed by atoms with Crippen molar-refractivity contribution in [3.8, 4) is 0 Å². The van der Waals surface area contributed by atoms with Crippen molar-refractivity contribution in [3.05, 3.63) is 96.3 Å². The van der Waals surface area contributed by atoms with Crippen LogP contribution in [0.1, 0.15) is 61.4 Å². The second-order valence-electron chi connectivity index (χ2n) is 13.1. The number of benzene rings is 2. The zero-order valence-corrected chi connectivity index (χ0v) is 29.3. The number of esters is 1. The predicted octanol–water partition coefficient (Wildman–Crippen LogP) is 6.08. The summed E-state index contributed by atoms with van der Waals surface area (Å²) < 4.78 is 17.5. The van der Waals surface area contributed by atoms with Gasteiger partial charge in [-0.25, -0.2) is 14.1 Å². The molecule has 2 aliphatic heterocycles. The highest BCUT2D eigenvalue weighted by molar-refractivity contribution is 6.06. The molecule has 0 radical (unpaired) electrons. The summed E-state index contributed by atoms with van der Waals surface area (Å²) in [4.78, 5) is 74.6. The molecule has 272 valence electrons. The number of carbonyl (C=O) groups is 5. The molecule has 6 rings (SSSR count). The number of hydrogen-bond acceptors (Lipinski definition) is 9. The largest absolute Gasteiger partial charge is 0.517 e. The molecule has 52 heavy (non-hydrogen) atoms. The van der Waals surface area contributed by atoms with E-state index < -0.39 is 40.6 Å². The molecule has 4 heterocycles. The third-order valence-corrected chi connectivity index (χ3v) is 9.75. The second-order valence-corrected chi connectivity index (χ2v) is 13.1. The van der Waals surface area contributed by atoms with Gasteiger partial charge in [0.2, 0.25) is 0 Å². The third-order valence-electron chi connectivity index (χ3n) is 9.75. The average Bonchev–Trinajstić information content (AvgIpc) is 3.54. The lowest BCUT2D eigenvalue weighted by atomic mass is 9.97. The highest BCUT2D eigenvalue weighted by atomic mass is 16.6. The smallest absolute Gasteiger partial charge is 0.462 e. The Morgan fingerprint density at radius 2 is 1.52 bits per heavy atom. The van der Waals surface area contributed by atoms with Crippen molar-refractivity contribution in [2.24, 2.45) is 0 Å². The summed E-state index contributed by atoms with van der Waals surface area (Å²) in [6.07, 6.45) is 5.32. The zero-order valence-electron chi connectivity index (χ0n) is 29.3. The number of rotatable bonds is 10. The number of nitrogens with one attached hydrogen (secondary N) is 1. The van der Waals surface area contributed by atoms with Crippen LogP contribution in [-0.4, -0.2) is 87.2 Å². The molecule has 2 aromatic carbocycles. The van der Waals surface area contributed by atoms with Crippen LogP contribution in [0.25, 0.3) is 11.0 Å². The van der Waals surface area contributed by atoms with Crippen molar-refractivity contribution < 1.29 is 42.7 Å². The Balaban J connectivity index is 1.25. The fourth-order valence-corrected chi connectivity index (χ4v) is 7.17. The minimum Gasteiger partial charge on any atom is -0.462 e. The van der Waals surface area contributed by atoms with E-state index in [0.29, 0.717) is 43.3 Å². The van der Waals surface area contributed by atoms with E-state index in [1.165, 1.54) is 15.7 Å². The van der Waals surface area contributed by atoms with Gasteiger partial charge in [0.15, 0.2) is 12.6 Å². The Labute approximate surface area is 302 Å². The number of carbonyl (C=O) groups excluding carboxylic acids is 5. The molecule has 4 aromatic rings. The van der Waals surface area contributed by atoms with Crippen molar-refractivity contribution in [1.29, 1.82) is 0 Å². The first-order valence-electron chi connectivity index (χ1n) is 17.8. The number of likely N-dealkylation sites (tertiary alicyclic amines) is 2. The maximum Gasteiger partial charge on any atom is 0.517 e. The van der Waals surface area contributed by atoms with Crippen LogP contribution in [0.3, 0.4) is 0 Å². The Morgan fingerprint density at radius 3 is 2.23 bits per heavy atom. The highest BCUT2D eigenvalue weighted by Crippen LogP contribution is 2.32. The summed E-state index contributed by atoms with van der Waals surface area (Å²) in [5.41, 5.74) is 2.69. The maximum absolute atomic E-state index is 14.3. The third kappa shape index (κ3) is 7.99. The monoisotopic (exact) mass is 710 g/mol. The minimum atomic E-state index is -0.979. The number of amides is 3. The van der Waals surface area contributed by atoms with Crippen LogP contribution in [0, 0.1) is 0 Å². The molecule has 13 heteroatoms. The standard InChI is InChI=1S/C39H43N5O8/c1-2-50-34(45)25-44(39(49)52-27-29-16-7-4-8-17-29)23-12-10-20-33(44)36(46)41-30-24-43(31-19-13-21-40-35(30)31)37(47)32-18-9-11-22-42(32)38(48)51-26-28-14-5-3-6-15-28/h3-8,13-17,19,21,24,32-33H,2,9-12,18,20,22-23,25-27H2,1H3/p+1. The summed E-state index contributed by atoms with van der Waals surface area (Å²) >= 11 is 0. The molecule has 13 nitrogen and oxygen atoms in total. The lowest BCUT2D eigenvalue weighted by molar-refractivity contribution is -0.871. The van der Waals surface area contributed by atoms with Gasteiger partial charge in [0.25, 0.3) is 11.8 Å². The lowest BCUT2D eigenvalue weighted by Crippen LogP contribution is -2.67. The van der Waals surface area contributed by atoms with Gasteiger partial charge >= 0.3 is 18.2 Å². The number of piperidine rings is 2. The molecule has 2 aromatic heterocycles. The molecule has 2 saturated heterocycles. The van der Waals surface area contributed by atoms with Crippen LogP contribution in [0.2, 0.25) is 0 Å². The van der Waals surface area contributed by atoms with Gasteiger partial charge in [0.05, 0.1) is 24.4 Å². The molecule has 0 bridgehead atoms. The molecule has 3 atom stereocenters. The quantitative estimate of drug-likeness (QED) is 0.118. The predicted molar refractivity (Wildman–Crippen MR) is 191 cm³/mol. The van der Waals surface area contributed by atoms with Crippen LogP contribution in [0.15, 0.2) is 85.2 Å². The first kappa shape index (κ1) is 36.2. The van der Waals surface area contributed by atoms with E-state index in [-0.39, 0.29) is 44.5 Å². The van der Waals surface area contributed by atoms with Gasteiger partial charge < -0.3 is 19.5 Å². The van der Waals surface area contributed by atoms with Gasteiger partial charge in [0.1, 0.15) is 24.8 Å². The normalized spacial score (nSPS) is 20.1. The van der Waals surface area contributed by atoms with E-state index in [1.807, 2.05) is 60.7 Å². The van der Waals surface area contributed by atoms with Crippen LogP contribution >= 0.6 is 0 Å². The van der Waals surface area contributed by atoms with Gasteiger partial charge in [0, 0.05) is 25.4 Å². The SMILES string of the molecule is CCOC(=O)C[N+]1(C(=O)OCc2ccccc2)CCCCC1C(=O)Nc1cn(C(=O)C2CCCCN2C(=O)OCc2ccccc2)c2cccnc12. The average molecular weight is 711 g/mol. The molecule has 0 spiro atoms. The van der Waals surface area contributed by atoms with Crippen molar-refractivity contribution >= 4 is 46.7 Å². The van der Waals surface area contributed by atoms with Crippen molar-refractivity contribution in [1.82, 2.24) is 14.5 Å². The number of aromatic nitrogens is 2. The maximum atomic E-state index is 14.3. The van der Waals surface area contributed by atoms with E-state index in [9.17, 15) is 24.0 Å². The molecule has 2 aliphatic rings. The Kier molecular flexibility index (Phi) is 11.6. The fourth-order valence-electron chi connectivity index (χ4n) is 7.17. The molecule has 0 saturated carbocycles. The molecule has 3 amide bonds. The van der Waals surface area contributed by atoms with Gasteiger partial charge in [-0.2, -0.15) is 4.79 Å². The molecular weight excluding hydrogens is 666 g/mol. The summed E-state index contributed by atoms with van der Waals surface area (Å²) in [6, 6.07) is 20.2. The van der Waals surface area contributed by atoms with E-state index in [0.717, 1.165) is 24.0 Å². The lowest BCUT2D eigenvalue weighted by Gasteiger charge is -2.41. The van der Waals surface area contributed by atoms with Gasteiger partial charge in [-0.1, -0.05) is 60.7 Å². The highest BCUT2D eigenvalue weighted by Gasteiger charge is 2.53. The molecule has 3 unspecified atom stereocenters. The van der Waals surface area contributed by atoms with Crippen LogP contribution in [-0.2, 0) is 37.0 Å². The van der Waals surface area contributed by atoms with Crippen LogP contribution in [0.4, 0.5) is 15.3 Å². The summed E-state index contributed by atoms with van der Waals surface area (Å²) in [5, 5.41) is 2.94. The summed E-state index contributed by atoms with van der Waals surface area (Å²) in [5.74, 6) is -1.48. The Hall–Kier alpha value is -5.56. The van der Waals surface area contributed by atoms with Gasteiger partial charge in [-0.3, -0.25) is 24.0 Å². The van der Waals surface area contributed by atoms with E-state index in [1.54, 1.807) is 25.3 Å². The van der Waals surface area contributed by atoms with E-state index in [2.05, 4.69) is 10.3 Å². The Bertz CT molecular complexity index is 1900.